The minimum Gasteiger partial charge on any atom is -0.392 e. The Morgan fingerprint density at radius 1 is 1.07 bits per heavy atom. The van der Waals surface area contributed by atoms with Gasteiger partial charge in [-0.1, -0.05) is 37.1 Å². The van der Waals surface area contributed by atoms with Gasteiger partial charge in [0.15, 0.2) is 0 Å². The number of allylic oxidation sites excluding steroid dienone is 3. The van der Waals surface area contributed by atoms with Gasteiger partial charge in [0, 0.05) is 0 Å². The highest BCUT2D eigenvalue weighted by Crippen LogP contribution is 2.11. The summed E-state index contributed by atoms with van der Waals surface area (Å²) in [5.41, 5.74) is 2.54. The van der Waals surface area contributed by atoms with Crippen molar-refractivity contribution in [2.75, 3.05) is 6.61 Å². The summed E-state index contributed by atoms with van der Waals surface area (Å²) in [6, 6.07) is 0. The lowest BCUT2D eigenvalue weighted by molar-refractivity contribution is 0.331. The summed E-state index contributed by atoms with van der Waals surface area (Å²) in [4.78, 5) is 0. The molecule has 0 aliphatic heterocycles. The maximum Gasteiger partial charge on any atom is 0.0639 e. The van der Waals surface area contributed by atoms with E-state index in [9.17, 15) is 0 Å². The fraction of sp³-hybridized carbons (Fsp3) is 0.714. The molecule has 0 saturated heterocycles. The quantitative estimate of drug-likeness (QED) is 0.628. The number of rotatable bonds is 7. The molecule has 0 aliphatic carbocycles. The zero-order valence-electron chi connectivity index (χ0n) is 10.7. The zero-order chi connectivity index (χ0) is 11.7. The standard InChI is InChI=1S/C14H26O/c1-12(2)7-5-8-13(3)9-6-10-14(4)11-15/h8,10,12,15H,5-7,9,11H2,1-4H3/b13-8-,14-10+. The van der Waals surface area contributed by atoms with Crippen LogP contribution in [0, 0.1) is 5.92 Å². The molecular formula is C14H26O. The second kappa shape index (κ2) is 8.72. The van der Waals surface area contributed by atoms with Crippen LogP contribution in [0.25, 0.3) is 0 Å². The summed E-state index contributed by atoms with van der Waals surface area (Å²) in [5.74, 6) is 0.797. The largest absolute Gasteiger partial charge is 0.392 e. The van der Waals surface area contributed by atoms with Crippen LogP contribution in [0.5, 0.6) is 0 Å². The molecular weight excluding hydrogens is 184 g/mol. The van der Waals surface area contributed by atoms with E-state index in [1.807, 2.05) is 6.92 Å². The first kappa shape index (κ1) is 14.4. The molecule has 0 aromatic rings. The maximum absolute atomic E-state index is 8.82. The SMILES string of the molecule is C/C(=C/CCC(C)C)CC/C=C(\C)CO. The van der Waals surface area contributed by atoms with E-state index >= 15 is 0 Å². The third-order valence-electron chi connectivity index (χ3n) is 2.52. The average molecular weight is 210 g/mol. The molecule has 0 fully saturated rings. The summed E-state index contributed by atoms with van der Waals surface area (Å²) < 4.78 is 0. The normalized spacial score (nSPS) is 13.7. The topological polar surface area (TPSA) is 20.2 Å². The lowest BCUT2D eigenvalue weighted by Gasteiger charge is -2.02. The Labute approximate surface area is 94.9 Å². The van der Waals surface area contributed by atoms with E-state index in [4.69, 9.17) is 5.11 Å². The first-order valence-corrected chi connectivity index (χ1v) is 5.98. The fourth-order valence-corrected chi connectivity index (χ4v) is 1.38. The van der Waals surface area contributed by atoms with Crippen LogP contribution >= 0.6 is 0 Å². The van der Waals surface area contributed by atoms with Gasteiger partial charge in [0.1, 0.15) is 0 Å². The van der Waals surface area contributed by atoms with Crippen molar-refractivity contribution in [2.24, 2.45) is 5.92 Å². The molecule has 0 saturated carbocycles. The number of hydrogen-bond acceptors (Lipinski definition) is 1. The third-order valence-corrected chi connectivity index (χ3v) is 2.52. The van der Waals surface area contributed by atoms with Crippen LogP contribution in [0.4, 0.5) is 0 Å². The molecule has 0 heterocycles. The Kier molecular flexibility index (Phi) is 8.40. The summed E-state index contributed by atoms with van der Waals surface area (Å²) in [6.07, 6.45) is 9.13. The number of aliphatic hydroxyl groups is 1. The van der Waals surface area contributed by atoms with E-state index in [1.165, 1.54) is 18.4 Å². The van der Waals surface area contributed by atoms with Gasteiger partial charge in [-0.3, -0.25) is 0 Å². The summed E-state index contributed by atoms with van der Waals surface area (Å²) in [7, 11) is 0. The molecule has 0 amide bonds. The van der Waals surface area contributed by atoms with Gasteiger partial charge >= 0.3 is 0 Å². The van der Waals surface area contributed by atoms with Crippen LogP contribution < -0.4 is 0 Å². The van der Waals surface area contributed by atoms with E-state index < -0.39 is 0 Å². The molecule has 0 aromatic heterocycles. The molecule has 0 atom stereocenters. The predicted molar refractivity (Wildman–Crippen MR) is 67.9 cm³/mol. The van der Waals surface area contributed by atoms with E-state index in [2.05, 4.69) is 32.9 Å². The van der Waals surface area contributed by atoms with E-state index in [0.717, 1.165) is 24.3 Å². The molecule has 0 rings (SSSR count). The Morgan fingerprint density at radius 3 is 2.20 bits per heavy atom. The van der Waals surface area contributed by atoms with Crippen LogP contribution in [0.1, 0.15) is 53.4 Å². The second-order valence-corrected chi connectivity index (χ2v) is 4.77. The molecule has 1 nitrogen and oxygen atoms in total. The highest BCUT2D eigenvalue weighted by molar-refractivity contribution is 5.03. The second-order valence-electron chi connectivity index (χ2n) is 4.77. The number of aliphatic hydroxyl groups excluding tert-OH is 1. The van der Waals surface area contributed by atoms with Crippen molar-refractivity contribution < 1.29 is 5.11 Å². The van der Waals surface area contributed by atoms with Crippen molar-refractivity contribution in [3.05, 3.63) is 23.3 Å². The predicted octanol–water partition coefficient (Wildman–Crippen LogP) is 4.09. The smallest absolute Gasteiger partial charge is 0.0639 e. The van der Waals surface area contributed by atoms with Gasteiger partial charge < -0.3 is 5.11 Å². The molecule has 88 valence electrons. The van der Waals surface area contributed by atoms with Gasteiger partial charge in [0.2, 0.25) is 0 Å². The molecule has 15 heavy (non-hydrogen) atoms. The van der Waals surface area contributed by atoms with Gasteiger partial charge in [0.25, 0.3) is 0 Å². The third kappa shape index (κ3) is 9.74. The van der Waals surface area contributed by atoms with Crippen molar-refractivity contribution in [1.29, 1.82) is 0 Å². The highest BCUT2D eigenvalue weighted by atomic mass is 16.3. The molecule has 0 radical (unpaired) electrons. The van der Waals surface area contributed by atoms with E-state index in [-0.39, 0.29) is 6.61 Å². The summed E-state index contributed by atoms with van der Waals surface area (Å²) in [6.45, 7) is 8.88. The van der Waals surface area contributed by atoms with Gasteiger partial charge in [0.05, 0.1) is 6.61 Å². The minimum atomic E-state index is 0.191. The van der Waals surface area contributed by atoms with Gasteiger partial charge in [-0.05, 0) is 45.4 Å². The first-order valence-electron chi connectivity index (χ1n) is 5.98. The van der Waals surface area contributed by atoms with Gasteiger partial charge in [-0.15, -0.1) is 0 Å². The average Bonchev–Trinajstić information content (AvgIpc) is 2.17. The van der Waals surface area contributed by atoms with Crippen LogP contribution in [-0.2, 0) is 0 Å². The Bertz CT molecular complexity index is 211. The zero-order valence-corrected chi connectivity index (χ0v) is 10.7. The number of hydrogen-bond donors (Lipinski definition) is 1. The van der Waals surface area contributed by atoms with Crippen molar-refractivity contribution in [1.82, 2.24) is 0 Å². The van der Waals surface area contributed by atoms with E-state index in [0.29, 0.717) is 0 Å². The van der Waals surface area contributed by atoms with Gasteiger partial charge in [-0.25, -0.2) is 0 Å². The molecule has 0 unspecified atom stereocenters. The van der Waals surface area contributed by atoms with Crippen LogP contribution in [-0.4, -0.2) is 11.7 Å². The summed E-state index contributed by atoms with van der Waals surface area (Å²) in [5, 5.41) is 8.82. The molecule has 1 heteroatoms. The van der Waals surface area contributed by atoms with Crippen LogP contribution in [0.3, 0.4) is 0 Å². The summed E-state index contributed by atoms with van der Waals surface area (Å²) >= 11 is 0. The Morgan fingerprint density at radius 2 is 1.67 bits per heavy atom. The van der Waals surface area contributed by atoms with Crippen molar-refractivity contribution in [2.45, 2.75) is 53.4 Å². The molecule has 1 N–H and O–H groups in total. The molecule has 0 aromatic carbocycles. The Balaban J connectivity index is 3.68. The Hall–Kier alpha value is -0.560. The van der Waals surface area contributed by atoms with Crippen LogP contribution in [0.15, 0.2) is 23.3 Å². The van der Waals surface area contributed by atoms with Crippen molar-refractivity contribution >= 4 is 0 Å². The highest BCUT2D eigenvalue weighted by Gasteiger charge is 1.93. The first-order chi connectivity index (χ1) is 7.06. The van der Waals surface area contributed by atoms with Crippen molar-refractivity contribution in [3.8, 4) is 0 Å². The van der Waals surface area contributed by atoms with Crippen LogP contribution in [0.2, 0.25) is 0 Å². The monoisotopic (exact) mass is 210 g/mol. The fourth-order valence-electron chi connectivity index (χ4n) is 1.38. The molecule has 0 aliphatic rings. The maximum atomic E-state index is 8.82. The molecule has 0 spiro atoms. The van der Waals surface area contributed by atoms with E-state index in [1.54, 1.807) is 0 Å². The van der Waals surface area contributed by atoms with Gasteiger partial charge in [-0.2, -0.15) is 0 Å². The molecule has 0 bridgehead atoms. The lowest BCUT2D eigenvalue weighted by atomic mass is 10.0. The van der Waals surface area contributed by atoms with Crippen molar-refractivity contribution in [3.63, 3.8) is 0 Å². The lowest BCUT2D eigenvalue weighted by Crippen LogP contribution is -1.86. The minimum absolute atomic E-state index is 0.191.